The van der Waals surface area contributed by atoms with Crippen molar-refractivity contribution in [1.29, 1.82) is 0 Å². The van der Waals surface area contributed by atoms with Crippen molar-refractivity contribution in [3.63, 3.8) is 0 Å². The van der Waals surface area contributed by atoms with Gasteiger partial charge in [-0.3, -0.25) is 0 Å². The minimum atomic E-state index is -0.350. The van der Waals surface area contributed by atoms with Gasteiger partial charge in [0.1, 0.15) is 11.2 Å². The average Bonchev–Trinajstić information content (AvgIpc) is 3.70. The van der Waals surface area contributed by atoms with Crippen LogP contribution in [0, 0.1) is 0 Å². The third kappa shape index (κ3) is 6.87. The molecule has 372 valence electrons. The standard InChI is InChI=1S/C75H50N2O2/c1-75(2)64-45-50-43-51(76(65-33-15-11-25-53(65)47-21-5-3-6-22-47)67-35-19-31-60-56-28-13-17-37-69(56)78-73(60)67)40-39-49(50)44-63(64)71-58-30-10-9-27-55(58)62-46-52(41-42-59(62)72(71)75)77(66-34-16-12-26-54(66)48-23-7-4-8-24-48)68-36-20-32-61-57-29-14-18-38-70(57)79-74(61)68/h3-46H,1-2H3. The second kappa shape index (κ2) is 17.4. The number of anilines is 6. The summed E-state index contributed by atoms with van der Waals surface area (Å²) in [6.07, 6.45) is 0. The molecule has 4 nitrogen and oxygen atoms in total. The SMILES string of the molecule is CC1(C)c2cc3cc(N(c4ccccc4-c4ccccc4)c4cccc5c4oc4ccccc45)ccc3cc2-c2c1c1ccc(N(c3ccccc3-c3ccccc3)c3cccc4c3oc3ccccc34)cc1c1ccccc21. The lowest BCUT2D eigenvalue weighted by atomic mass is 9.79. The van der Waals surface area contributed by atoms with Crippen LogP contribution < -0.4 is 9.80 Å². The van der Waals surface area contributed by atoms with Crippen LogP contribution in [0.4, 0.5) is 34.1 Å². The van der Waals surface area contributed by atoms with Gasteiger partial charge < -0.3 is 18.6 Å². The monoisotopic (exact) mass is 1010 g/mol. The van der Waals surface area contributed by atoms with Crippen LogP contribution in [0.1, 0.15) is 25.0 Å². The molecule has 4 heteroatoms. The first-order valence-electron chi connectivity index (χ1n) is 27.2. The van der Waals surface area contributed by atoms with Crippen LogP contribution >= 0.6 is 0 Å². The molecule has 15 aromatic rings. The highest BCUT2D eigenvalue weighted by molar-refractivity contribution is 6.20. The summed E-state index contributed by atoms with van der Waals surface area (Å²) in [5.41, 5.74) is 19.2. The van der Waals surface area contributed by atoms with Crippen LogP contribution in [0.2, 0.25) is 0 Å². The molecule has 0 bridgehead atoms. The summed E-state index contributed by atoms with van der Waals surface area (Å²) in [5.74, 6) is 0. The number of hydrogen-bond donors (Lipinski definition) is 0. The molecule has 13 aromatic carbocycles. The summed E-state index contributed by atoms with van der Waals surface area (Å²) in [6.45, 7) is 4.84. The molecule has 0 saturated heterocycles. The molecule has 0 radical (unpaired) electrons. The predicted octanol–water partition coefficient (Wildman–Crippen LogP) is 21.5. The Bertz CT molecular complexity index is 4950. The second-order valence-corrected chi connectivity index (χ2v) is 21.5. The van der Waals surface area contributed by atoms with E-state index in [2.05, 4.69) is 278 Å². The number of fused-ring (bicyclic) bond motifs is 15. The fourth-order valence-corrected chi connectivity index (χ4v) is 13.2. The molecule has 0 unspecified atom stereocenters. The lowest BCUT2D eigenvalue weighted by Gasteiger charge is -2.29. The Labute approximate surface area is 457 Å². The maximum Gasteiger partial charge on any atom is 0.159 e. The van der Waals surface area contributed by atoms with Crippen molar-refractivity contribution in [2.45, 2.75) is 19.3 Å². The fourth-order valence-electron chi connectivity index (χ4n) is 13.2. The molecular weight excluding hydrogens is 961 g/mol. The van der Waals surface area contributed by atoms with E-state index in [1.54, 1.807) is 0 Å². The Morgan fingerprint density at radius 3 is 1.37 bits per heavy atom. The number of furan rings is 2. The van der Waals surface area contributed by atoms with Gasteiger partial charge in [-0.15, -0.1) is 0 Å². The summed E-state index contributed by atoms with van der Waals surface area (Å²) < 4.78 is 13.6. The highest BCUT2D eigenvalue weighted by atomic mass is 16.3. The maximum absolute atomic E-state index is 6.84. The highest BCUT2D eigenvalue weighted by Crippen LogP contribution is 2.57. The first-order chi connectivity index (χ1) is 39.0. The smallest absolute Gasteiger partial charge is 0.159 e. The number of para-hydroxylation sites is 6. The van der Waals surface area contributed by atoms with E-state index >= 15 is 0 Å². The zero-order valence-corrected chi connectivity index (χ0v) is 43.6. The van der Waals surface area contributed by atoms with Crippen molar-refractivity contribution in [3.05, 3.63) is 278 Å². The molecule has 2 heterocycles. The van der Waals surface area contributed by atoms with Crippen molar-refractivity contribution in [1.82, 2.24) is 0 Å². The predicted molar refractivity (Wildman–Crippen MR) is 331 cm³/mol. The Hall–Kier alpha value is -10.2. The topological polar surface area (TPSA) is 32.8 Å². The van der Waals surface area contributed by atoms with E-state index in [-0.39, 0.29) is 5.41 Å². The second-order valence-electron chi connectivity index (χ2n) is 21.5. The molecule has 0 spiro atoms. The molecule has 1 aliphatic carbocycles. The summed E-state index contributed by atoms with van der Waals surface area (Å²) in [6, 6.07) is 96.7. The lowest BCUT2D eigenvalue weighted by molar-refractivity contribution is 0.667. The Morgan fingerprint density at radius 2 is 0.772 bits per heavy atom. The van der Waals surface area contributed by atoms with Crippen molar-refractivity contribution >= 4 is 110 Å². The molecule has 0 saturated carbocycles. The van der Waals surface area contributed by atoms with E-state index in [4.69, 9.17) is 8.83 Å². The summed E-state index contributed by atoms with van der Waals surface area (Å²) in [5, 5.41) is 11.7. The number of hydrogen-bond acceptors (Lipinski definition) is 4. The third-order valence-electron chi connectivity index (χ3n) is 16.8. The van der Waals surface area contributed by atoms with Crippen LogP contribution in [0.5, 0.6) is 0 Å². The minimum Gasteiger partial charge on any atom is -0.454 e. The van der Waals surface area contributed by atoms with Crippen LogP contribution in [-0.2, 0) is 5.41 Å². The average molecular weight is 1010 g/mol. The van der Waals surface area contributed by atoms with Gasteiger partial charge >= 0.3 is 0 Å². The van der Waals surface area contributed by atoms with E-state index < -0.39 is 0 Å². The van der Waals surface area contributed by atoms with Gasteiger partial charge in [0.05, 0.1) is 22.7 Å². The summed E-state index contributed by atoms with van der Waals surface area (Å²) >= 11 is 0. The quantitative estimate of drug-likeness (QED) is 0.142. The highest BCUT2D eigenvalue weighted by Gasteiger charge is 2.39. The van der Waals surface area contributed by atoms with E-state index in [1.165, 1.54) is 54.6 Å². The zero-order valence-electron chi connectivity index (χ0n) is 43.6. The van der Waals surface area contributed by atoms with Gasteiger partial charge in [0.2, 0.25) is 0 Å². The number of rotatable bonds is 8. The van der Waals surface area contributed by atoms with Gasteiger partial charge in [-0.05, 0) is 138 Å². The van der Waals surface area contributed by atoms with Crippen LogP contribution in [-0.4, -0.2) is 0 Å². The minimum absolute atomic E-state index is 0.350. The molecule has 1 aliphatic rings. The van der Waals surface area contributed by atoms with Crippen molar-refractivity contribution in [2.24, 2.45) is 0 Å². The lowest BCUT2D eigenvalue weighted by Crippen LogP contribution is -2.16. The van der Waals surface area contributed by atoms with E-state index in [9.17, 15) is 0 Å². The van der Waals surface area contributed by atoms with Gasteiger partial charge in [0.25, 0.3) is 0 Å². The molecule has 0 fully saturated rings. The van der Waals surface area contributed by atoms with Gasteiger partial charge in [-0.2, -0.15) is 0 Å². The van der Waals surface area contributed by atoms with Crippen LogP contribution in [0.3, 0.4) is 0 Å². The molecule has 2 aromatic heterocycles. The van der Waals surface area contributed by atoms with E-state index in [0.29, 0.717) is 0 Å². The first-order valence-corrected chi connectivity index (χ1v) is 27.2. The summed E-state index contributed by atoms with van der Waals surface area (Å²) in [7, 11) is 0. The third-order valence-corrected chi connectivity index (χ3v) is 16.8. The molecule has 0 atom stereocenters. The van der Waals surface area contributed by atoms with Gasteiger partial charge in [0, 0.05) is 49.5 Å². The maximum atomic E-state index is 6.84. The number of nitrogens with zero attached hydrogens (tertiary/aromatic N) is 2. The van der Waals surface area contributed by atoms with Crippen molar-refractivity contribution in [3.8, 4) is 33.4 Å². The molecule has 16 rings (SSSR count). The van der Waals surface area contributed by atoms with Gasteiger partial charge in [-0.1, -0.05) is 208 Å². The van der Waals surface area contributed by atoms with Crippen molar-refractivity contribution < 1.29 is 8.83 Å². The van der Waals surface area contributed by atoms with Crippen molar-refractivity contribution in [2.75, 3.05) is 9.80 Å². The van der Waals surface area contributed by atoms with Crippen LogP contribution in [0.15, 0.2) is 276 Å². The first kappa shape index (κ1) is 45.1. The van der Waals surface area contributed by atoms with Gasteiger partial charge in [0.15, 0.2) is 11.2 Å². The largest absolute Gasteiger partial charge is 0.454 e. The molecular formula is C75H50N2O2. The summed E-state index contributed by atoms with van der Waals surface area (Å²) in [4.78, 5) is 4.81. The molecule has 0 amide bonds. The molecule has 0 N–H and O–H groups in total. The van der Waals surface area contributed by atoms with E-state index in [0.717, 1.165) is 100 Å². The molecule has 0 aliphatic heterocycles. The van der Waals surface area contributed by atoms with Crippen LogP contribution in [0.25, 0.3) is 110 Å². The number of benzene rings is 13. The Morgan fingerprint density at radius 1 is 0.304 bits per heavy atom. The fraction of sp³-hybridized carbons (Fsp3) is 0.0400. The van der Waals surface area contributed by atoms with E-state index in [1.807, 2.05) is 12.1 Å². The Kier molecular flexibility index (Phi) is 9.95. The normalized spacial score (nSPS) is 12.8. The zero-order chi connectivity index (χ0) is 52.3. The molecule has 79 heavy (non-hydrogen) atoms. The van der Waals surface area contributed by atoms with Gasteiger partial charge in [-0.25, -0.2) is 0 Å². The Balaban J connectivity index is 0.890.